The molecule has 0 atom stereocenters. The molecule has 0 bridgehead atoms. The summed E-state index contributed by atoms with van der Waals surface area (Å²) in [6, 6.07) is 11.1. The lowest BCUT2D eigenvalue weighted by Gasteiger charge is -2.29. The number of amides is 1. The molecule has 10 heteroatoms. The average Bonchev–Trinajstić information content (AvgIpc) is 2.88. The van der Waals surface area contributed by atoms with Gasteiger partial charge in [0.15, 0.2) is 0 Å². The summed E-state index contributed by atoms with van der Waals surface area (Å²) >= 11 is 0. The molecule has 2 aromatic carbocycles. The second-order valence-electron chi connectivity index (χ2n) is 8.66. The lowest BCUT2D eigenvalue weighted by molar-refractivity contribution is 0.0729. The van der Waals surface area contributed by atoms with Gasteiger partial charge in [-0.25, -0.2) is 12.8 Å². The van der Waals surface area contributed by atoms with Crippen molar-refractivity contribution in [3.63, 3.8) is 0 Å². The van der Waals surface area contributed by atoms with Crippen molar-refractivity contribution in [2.45, 2.75) is 24.8 Å². The van der Waals surface area contributed by atoms with Gasteiger partial charge in [0.2, 0.25) is 10.0 Å². The molecule has 35 heavy (non-hydrogen) atoms. The number of hydrogen-bond acceptors (Lipinski definition) is 6. The fraction of sp³-hybridized carbons (Fsp3) is 0.360. The van der Waals surface area contributed by atoms with Crippen LogP contribution in [-0.4, -0.2) is 67.9 Å². The molecule has 0 aliphatic carbocycles. The monoisotopic (exact) mass is 498 g/mol. The van der Waals surface area contributed by atoms with Crippen LogP contribution in [0, 0.1) is 5.82 Å². The van der Waals surface area contributed by atoms with E-state index in [0.717, 1.165) is 47.7 Å². The fourth-order valence-electron chi connectivity index (χ4n) is 4.67. The van der Waals surface area contributed by atoms with Crippen LogP contribution >= 0.6 is 0 Å². The van der Waals surface area contributed by atoms with Crippen LogP contribution < -0.4 is 5.32 Å². The zero-order chi connectivity index (χ0) is 24.6. The number of halogens is 1. The van der Waals surface area contributed by atoms with E-state index in [0.29, 0.717) is 12.1 Å². The van der Waals surface area contributed by atoms with E-state index in [1.807, 2.05) is 24.3 Å². The Labute approximate surface area is 203 Å². The van der Waals surface area contributed by atoms with E-state index in [9.17, 15) is 17.6 Å². The second kappa shape index (κ2) is 9.62. The normalized spacial score (nSPS) is 17.3. The largest absolute Gasteiger partial charge is 0.379 e. The van der Waals surface area contributed by atoms with Crippen molar-refractivity contribution in [2.75, 3.05) is 44.7 Å². The van der Waals surface area contributed by atoms with Crippen LogP contribution in [0.15, 0.2) is 47.4 Å². The first-order valence-electron chi connectivity index (χ1n) is 11.7. The maximum Gasteiger partial charge on any atom is 0.256 e. The third-order valence-electron chi connectivity index (χ3n) is 6.58. The molecule has 8 nitrogen and oxygen atoms in total. The lowest BCUT2D eigenvalue weighted by atomic mass is 9.95. The minimum atomic E-state index is -4.06. The van der Waals surface area contributed by atoms with Crippen molar-refractivity contribution < 1.29 is 22.3 Å². The topological polar surface area (TPSA) is 91.8 Å². The van der Waals surface area contributed by atoms with Gasteiger partial charge in [0.25, 0.3) is 5.91 Å². The van der Waals surface area contributed by atoms with Gasteiger partial charge in [-0.05, 0) is 30.8 Å². The summed E-state index contributed by atoms with van der Waals surface area (Å²) in [7, 11) is -4.06. The van der Waals surface area contributed by atoms with Crippen LogP contribution in [0.1, 0.15) is 28.5 Å². The number of likely N-dealkylation sites (N-methyl/N-ethyl adjacent to an activating group) is 1. The van der Waals surface area contributed by atoms with Crippen LogP contribution in [0.5, 0.6) is 0 Å². The number of anilines is 1. The molecule has 2 aliphatic heterocycles. The number of sulfonamides is 1. The maximum absolute atomic E-state index is 14.6. The van der Waals surface area contributed by atoms with E-state index in [-0.39, 0.29) is 37.9 Å². The minimum Gasteiger partial charge on any atom is -0.379 e. The van der Waals surface area contributed by atoms with Crippen molar-refractivity contribution in [2.24, 2.45) is 0 Å². The molecule has 2 aliphatic rings. The number of benzene rings is 2. The molecule has 1 aromatic heterocycles. The molecular formula is C25H27FN4O4S. The number of carbonyl (C=O) groups is 1. The van der Waals surface area contributed by atoms with Crippen molar-refractivity contribution in [3.8, 4) is 0 Å². The standard InChI is InChI=1S/C25H27FN4O4S/c1-2-29-10-9-22-19(16-29)24(18-5-3-4-6-21(18)28-22)25(31)27-17-7-8-20(26)23(15-17)35(32,33)30-11-13-34-14-12-30/h3-8,15H,2,9-14,16H2,1H3,(H,27,31). The van der Waals surface area contributed by atoms with Crippen molar-refractivity contribution in [1.29, 1.82) is 0 Å². The third kappa shape index (κ3) is 4.54. The van der Waals surface area contributed by atoms with Crippen LogP contribution in [-0.2, 0) is 27.7 Å². The number of rotatable bonds is 5. The Morgan fingerprint density at radius 2 is 1.91 bits per heavy atom. The number of pyridine rings is 1. The quantitative estimate of drug-likeness (QED) is 0.582. The van der Waals surface area contributed by atoms with E-state index < -0.39 is 20.7 Å². The molecule has 5 rings (SSSR count). The Morgan fingerprint density at radius 3 is 2.69 bits per heavy atom. The molecule has 0 unspecified atom stereocenters. The SMILES string of the molecule is CCN1CCc2nc3ccccc3c(C(=O)Nc3ccc(F)c(S(=O)(=O)N4CCOCC4)c3)c2C1. The summed E-state index contributed by atoms with van der Waals surface area (Å²) in [5, 5.41) is 3.54. The summed E-state index contributed by atoms with van der Waals surface area (Å²) in [6.45, 7) is 5.23. The number of nitrogens with zero attached hydrogens (tertiary/aromatic N) is 3. The molecule has 1 fully saturated rings. The molecule has 0 saturated carbocycles. The van der Waals surface area contributed by atoms with Crippen LogP contribution in [0.3, 0.4) is 0 Å². The number of aromatic nitrogens is 1. The second-order valence-corrected chi connectivity index (χ2v) is 10.6. The molecule has 0 radical (unpaired) electrons. The Morgan fingerprint density at radius 1 is 1.14 bits per heavy atom. The van der Waals surface area contributed by atoms with E-state index >= 15 is 0 Å². The number of ether oxygens (including phenoxy) is 1. The fourth-order valence-corrected chi connectivity index (χ4v) is 6.17. The zero-order valence-corrected chi connectivity index (χ0v) is 20.3. The first-order chi connectivity index (χ1) is 16.9. The summed E-state index contributed by atoms with van der Waals surface area (Å²) in [6.07, 6.45) is 0.743. The van der Waals surface area contributed by atoms with Gasteiger partial charge in [-0.3, -0.25) is 14.7 Å². The molecule has 0 spiro atoms. The number of morpholine rings is 1. The van der Waals surface area contributed by atoms with Gasteiger partial charge in [-0.2, -0.15) is 4.31 Å². The highest BCUT2D eigenvalue weighted by atomic mass is 32.2. The Hall–Kier alpha value is -2.92. The van der Waals surface area contributed by atoms with Crippen LogP contribution in [0.4, 0.5) is 10.1 Å². The van der Waals surface area contributed by atoms with E-state index in [1.54, 1.807) is 0 Å². The number of para-hydroxylation sites is 1. The summed E-state index contributed by atoms with van der Waals surface area (Å²) in [4.78, 5) is 20.2. The van der Waals surface area contributed by atoms with Gasteiger partial charge in [-0.1, -0.05) is 25.1 Å². The van der Waals surface area contributed by atoms with Crippen LogP contribution in [0.2, 0.25) is 0 Å². The van der Waals surface area contributed by atoms with Crippen LogP contribution in [0.25, 0.3) is 10.9 Å². The molecule has 184 valence electrons. The van der Waals surface area contributed by atoms with Gasteiger partial charge in [-0.15, -0.1) is 0 Å². The first-order valence-corrected chi connectivity index (χ1v) is 13.1. The zero-order valence-electron chi connectivity index (χ0n) is 19.5. The molecule has 3 aromatic rings. The van der Waals surface area contributed by atoms with Gasteiger partial charge < -0.3 is 10.1 Å². The Bertz CT molecular complexity index is 1390. The minimum absolute atomic E-state index is 0.154. The van der Waals surface area contributed by atoms with Crippen molar-refractivity contribution in [3.05, 3.63) is 65.1 Å². The summed E-state index contributed by atoms with van der Waals surface area (Å²) in [5.41, 5.74) is 3.23. The van der Waals surface area contributed by atoms with E-state index in [4.69, 9.17) is 9.72 Å². The third-order valence-corrected chi connectivity index (χ3v) is 8.49. The molecular weight excluding hydrogens is 471 g/mol. The first kappa shape index (κ1) is 23.8. The van der Waals surface area contributed by atoms with E-state index in [2.05, 4.69) is 17.1 Å². The lowest BCUT2D eigenvalue weighted by Crippen LogP contribution is -2.40. The highest BCUT2D eigenvalue weighted by Crippen LogP contribution is 2.30. The highest BCUT2D eigenvalue weighted by molar-refractivity contribution is 7.89. The predicted octanol–water partition coefficient (Wildman–Crippen LogP) is 3.03. The predicted molar refractivity (Wildman–Crippen MR) is 130 cm³/mol. The number of hydrogen-bond donors (Lipinski definition) is 1. The number of nitrogens with one attached hydrogen (secondary N) is 1. The number of fused-ring (bicyclic) bond motifs is 2. The van der Waals surface area contributed by atoms with Crippen molar-refractivity contribution in [1.82, 2.24) is 14.2 Å². The molecule has 1 N–H and O–H groups in total. The van der Waals surface area contributed by atoms with Gasteiger partial charge in [0.05, 0.1) is 24.3 Å². The van der Waals surface area contributed by atoms with Crippen molar-refractivity contribution >= 4 is 32.5 Å². The van der Waals surface area contributed by atoms with Gasteiger partial charge in [0.1, 0.15) is 10.7 Å². The van der Waals surface area contributed by atoms with E-state index in [1.165, 1.54) is 16.4 Å². The summed E-state index contributed by atoms with van der Waals surface area (Å²) in [5.74, 6) is -1.24. The Balaban J connectivity index is 1.52. The maximum atomic E-state index is 14.6. The molecule has 3 heterocycles. The number of carbonyl (C=O) groups excluding carboxylic acids is 1. The van der Waals surface area contributed by atoms with Gasteiger partial charge >= 0.3 is 0 Å². The highest BCUT2D eigenvalue weighted by Gasteiger charge is 2.30. The molecule has 1 saturated heterocycles. The Kier molecular flexibility index (Phi) is 6.54. The molecule has 1 amide bonds. The van der Waals surface area contributed by atoms with Gasteiger partial charge in [0, 0.05) is 54.9 Å². The average molecular weight is 499 g/mol. The smallest absolute Gasteiger partial charge is 0.256 e. The summed E-state index contributed by atoms with van der Waals surface area (Å²) < 4.78 is 47.2.